The number of nitrogens with two attached hydrogens (primary N) is 1. The second-order valence-corrected chi connectivity index (χ2v) is 19.3. The molecule has 0 spiro atoms. The van der Waals surface area contributed by atoms with Crippen LogP contribution in [0.2, 0.25) is 0 Å². The van der Waals surface area contributed by atoms with Gasteiger partial charge in [0.25, 0.3) is 10.0 Å². The van der Waals surface area contributed by atoms with Crippen molar-refractivity contribution < 1.29 is 46.7 Å². The normalized spacial score (nSPS) is 20.8. The van der Waals surface area contributed by atoms with Gasteiger partial charge in [-0.15, -0.1) is 0 Å². The number of guanidine groups is 1. The number of aliphatic imine (C=N–C) groups is 1. The fraction of sp³-hybridized carbons (Fsp3) is 0.468. The Bertz CT molecular complexity index is 2440. The molecule has 2 aliphatic heterocycles. The predicted octanol–water partition coefficient (Wildman–Crippen LogP) is 2.14. The van der Waals surface area contributed by atoms with Crippen LogP contribution in [0.5, 0.6) is 5.75 Å². The first-order valence-corrected chi connectivity index (χ1v) is 23.4. The Kier molecular flexibility index (Phi) is 16.6. The number of esters is 1. The van der Waals surface area contributed by atoms with Gasteiger partial charge in [-0.1, -0.05) is 74.5 Å². The molecule has 0 aliphatic carbocycles. The lowest BCUT2D eigenvalue weighted by Gasteiger charge is -2.34. The molecule has 66 heavy (non-hydrogen) atoms. The van der Waals surface area contributed by atoms with E-state index in [9.17, 15) is 37.2 Å². The van der Waals surface area contributed by atoms with Gasteiger partial charge in [-0.3, -0.25) is 33.8 Å². The molecule has 5 rings (SSSR count). The van der Waals surface area contributed by atoms with Crippen molar-refractivity contribution in [3.8, 4) is 5.75 Å². The zero-order chi connectivity index (χ0) is 48.5. The van der Waals surface area contributed by atoms with Gasteiger partial charge in [0.05, 0.1) is 17.9 Å². The summed E-state index contributed by atoms with van der Waals surface area (Å²) in [5.41, 5.74) is 9.58. The number of carbonyl (C=O) groups excluding carboxylic acids is 6. The van der Waals surface area contributed by atoms with E-state index >= 15 is 0 Å². The maximum atomic E-state index is 14.4. The molecule has 18 nitrogen and oxygen atoms in total. The third kappa shape index (κ3) is 12.9. The van der Waals surface area contributed by atoms with Crippen LogP contribution in [0.1, 0.15) is 80.3 Å². The standard InChI is InChI=1S/C47H62N8O10S/c1-27(2)39-44(60)52-34(20-15-21-49-46(48)54-66(62,63)41-29(4)28(3)40-33(30(41)5)24-47(6,7)65-40)42(58)50-25-37(56)51-35(23-38(57)64-26-32-18-13-10-14-19-32)43(59)53-36(45(61)55(39)8)22-31-16-11-9-12-17-31/h9-14,16-19,27,34-36,39H,15,20-26H2,1-8H3,(H,50,58)(H,51,56)(H,52,60)(H,53,59)(H3,48,49,54)/t34-,35-,36+,39-/m0/s1. The monoisotopic (exact) mass is 930 g/mol. The molecular formula is C47H62N8O10S. The fourth-order valence-corrected chi connectivity index (χ4v) is 9.75. The topological polar surface area (TPSA) is 257 Å². The lowest BCUT2D eigenvalue weighted by atomic mass is 9.94. The van der Waals surface area contributed by atoms with E-state index in [2.05, 4.69) is 31.0 Å². The van der Waals surface area contributed by atoms with Gasteiger partial charge in [-0.05, 0) is 81.2 Å². The highest BCUT2D eigenvalue weighted by molar-refractivity contribution is 7.90. The van der Waals surface area contributed by atoms with Crippen LogP contribution >= 0.6 is 0 Å². The van der Waals surface area contributed by atoms with Crippen molar-refractivity contribution in [3.63, 3.8) is 0 Å². The molecule has 3 aromatic carbocycles. The minimum atomic E-state index is -4.19. The van der Waals surface area contributed by atoms with E-state index in [0.29, 0.717) is 40.0 Å². The van der Waals surface area contributed by atoms with E-state index in [4.69, 9.17) is 15.2 Å². The Morgan fingerprint density at radius 2 is 1.50 bits per heavy atom. The average molecular weight is 931 g/mol. The molecular weight excluding hydrogens is 869 g/mol. The molecule has 2 heterocycles. The average Bonchev–Trinajstić information content (AvgIpc) is 3.60. The largest absolute Gasteiger partial charge is 0.487 e. The van der Waals surface area contributed by atoms with Crippen LogP contribution in [0.25, 0.3) is 0 Å². The quantitative estimate of drug-likeness (QED) is 0.0627. The van der Waals surface area contributed by atoms with Gasteiger partial charge in [-0.25, -0.2) is 13.1 Å². The summed E-state index contributed by atoms with van der Waals surface area (Å²) in [5, 5.41) is 10.4. The molecule has 4 atom stereocenters. The van der Waals surface area contributed by atoms with Gasteiger partial charge in [0.15, 0.2) is 0 Å². The van der Waals surface area contributed by atoms with Crippen LogP contribution in [0.15, 0.2) is 70.6 Å². The zero-order valence-electron chi connectivity index (χ0n) is 38.8. The number of fused-ring (bicyclic) bond motifs is 1. The van der Waals surface area contributed by atoms with Crippen molar-refractivity contribution in [2.75, 3.05) is 20.1 Å². The molecule has 0 aromatic heterocycles. The second kappa shape index (κ2) is 21.7. The van der Waals surface area contributed by atoms with Crippen LogP contribution < -0.4 is 36.5 Å². The van der Waals surface area contributed by atoms with Gasteiger partial charge in [-0.2, -0.15) is 0 Å². The molecule has 7 N–H and O–H groups in total. The highest BCUT2D eigenvalue weighted by atomic mass is 32.2. The number of sulfonamides is 1. The third-order valence-corrected chi connectivity index (χ3v) is 13.2. The van der Waals surface area contributed by atoms with E-state index in [0.717, 1.165) is 5.56 Å². The van der Waals surface area contributed by atoms with Crippen LogP contribution in [-0.4, -0.2) is 105 Å². The molecule has 3 aromatic rings. The smallest absolute Gasteiger partial charge is 0.308 e. The highest BCUT2D eigenvalue weighted by Crippen LogP contribution is 2.43. The molecule has 5 amide bonds. The number of benzene rings is 3. The van der Waals surface area contributed by atoms with Crippen LogP contribution in [0.4, 0.5) is 0 Å². The van der Waals surface area contributed by atoms with Gasteiger partial charge < -0.3 is 41.4 Å². The molecule has 0 saturated carbocycles. The maximum absolute atomic E-state index is 14.4. The zero-order valence-corrected chi connectivity index (χ0v) is 39.6. The summed E-state index contributed by atoms with van der Waals surface area (Å²) >= 11 is 0. The maximum Gasteiger partial charge on any atom is 0.308 e. The first-order chi connectivity index (χ1) is 31.1. The van der Waals surface area contributed by atoms with Crippen molar-refractivity contribution in [3.05, 3.63) is 94.0 Å². The van der Waals surface area contributed by atoms with E-state index in [1.807, 2.05) is 20.8 Å². The molecule has 0 bridgehead atoms. The summed E-state index contributed by atoms with van der Waals surface area (Å²) in [6, 6.07) is 12.6. The van der Waals surface area contributed by atoms with Crippen molar-refractivity contribution in [1.29, 1.82) is 0 Å². The number of carbonyl (C=O) groups is 6. The molecule has 0 radical (unpaired) electrons. The van der Waals surface area contributed by atoms with Crippen LogP contribution in [0, 0.1) is 26.7 Å². The van der Waals surface area contributed by atoms with Crippen molar-refractivity contribution in [1.82, 2.24) is 30.9 Å². The van der Waals surface area contributed by atoms with E-state index in [1.54, 1.807) is 88.4 Å². The molecule has 1 fully saturated rings. The number of hydrogen-bond donors (Lipinski definition) is 6. The minimum Gasteiger partial charge on any atom is -0.487 e. The van der Waals surface area contributed by atoms with Gasteiger partial charge in [0, 0.05) is 32.0 Å². The summed E-state index contributed by atoms with van der Waals surface area (Å²) < 4.78 is 41.4. The third-order valence-electron chi connectivity index (χ3n) is 11.6. The number of nitrogens with one attached hydrogen (secondary N) is 5. The van der Waals surface area contributed by atoms with E-state index in [-0.39, 0.29) is 43.3 Å². The Labute approximate surface area is 386 Å². The minimum absolute atomic E-state index is 0.00323. The summed E-state index contributed by atoms with van der Waals surface area (Å²) in [5.74, 6) is -4.78. The number of hydrogen-bond acceptors (Lipinski definition) is 11. The van der Waals surface area contributed by atoms with E-state index in [1.165, 1.54) is 11.9 Å². The lowest BCUT2D eigenvalue weighted by Crippen LogP contribution is -2.59. The van der Waals surface area contributed by atoms with Gasteiger partial charge in [0.2, 0.25) is 35.5 Å². The second-order valence-electron chi connectivity index (χ2n) is 17.7. The first-order valence-electron chi connectivity index (χ1n) is 21.9. The van der Waals surface area contributed by atoms with Crippen molar-refractivity contribution >= 4 is 51.5 Å². The fourth-order valence-electron chi connectivity index (χ4n) is 8.23. The van der Waals surface area contributed by atoms with Crippen molar-refractivity contribution in [2.24, 2.45) is 16.6 Å². The Morgan fingerprint density at radius 3 is 2.14 bits per heavy atom. The van der Waals surface area contributed by atoms with Crippen LogP contribution in [0.3, 0.4) is 0 Å². The van der Waals surface area contributed by atoms with Crippen LogP contribution in [-0.2, 0) is 63.0 Å². The highest BCUT2D eigenvalue weighted by Gasteiger charge is 2.39. The number of rotatable bonds is 13. The SMILES string of the molecule is Cc1c(C)c(S(=O)(=O)NC(N)=NCCC[C@@H]2NC(=O)[C@H](C(C)C)N(C)C(=O)[C@@H](Cc3ccccc3)NC(=O)[C@H](CC(=O)OCc3ccccc3)NC(=O)CNC2=O)c(C)c2c1OC(C)(C)C2. The van der Waals surface area contributed by atoms with Gasteiger partial charge >= 0.3 is 5.97 Å². The lowest BCUT2D eigenvalue weighted by molar-refractivity contribution is -0.148. The summed E-state index contributed by atoms with van der Waals surface area (Å²) in [6.07, 6.45) is -0.00264. The van der Waals surface area contributed by atoms with E-state index < -0.39 is 94.2 Å². The van der Waals surface area contributed by atoms with Gasteiger partial charge in [0.1, 0.15) is 42.1 Å². The molecule has 19 heteroatoms. The first kappa shape index (κ1) is 50.5. The number of nitrogens with zero attached hydrogens (tertiary/aromatic N) is 2. The number of amides is 5. The molecule has 1 saturated heterocycles. The summed E-state index contributed by atoms with van der Waals surface area (Å²) in [4.78, 5) is 88.2. The van der Waals surface area contributed by atoms with Crippen molar-refractivity contribution in [2.45, 2.75) is 122 Å². The summed E-state index contributed by atoms with van der Waals surface area (Å²) in [6.45, 7) is 11.8. The predicted molar refractivity (Wildman–Crippen MR) is 246 cm³/mol. The summed E-state index contributed by atoms with van der Waals surface area (Å²) in [7, 11) is -2.77. The molecule has 0 unspecified atom stereocenters. The Balaban J connectivity index is 1.35. The molecule has 356 valence electrons. The Hall–Kier alpha value is -6.50. The number of ether oxygens (including phenoxy) is 2. The number of likely N-dealkylation sites (N-methyl/N-ethyl adjacent to an activating group) is 1. The Morgan fingerprint density at radius 1 is 0.879 bits per heavy atom. The molecule has 2 aliphatic rings.